The minimum Gasteiger partial charge on any atom is -0.354 e. The van der Waals surface area contributed by atoms with E-state index in [2.05, 4.69) is 26.1 Å². The number of nitrogens with one attached hydrogen (secondary N) is 1. The molecule has 1 atom stereocenters. The van der Waals surface area contributed by atoms with Crippen LogP contribution in [0.4, 0.5) is 0 Å². The molecule has 2 fully saturated rings. The van der Waals surface area contributed by atoms with Crippen LogP contribution in [-0.2, 0) is 14.8 Å². The molecule has 3 rings (SSSR count). The van der Waals surface area contributed by atoms with E-state index in [0.717, 1.165) is 10.3 Å². The molecule has 0 radical (unpaired) electrons. The van der Waals surface area contributed by atoms with Gasteiger partial charge in [0.25, 0.3) is 10.0 Å². The van der Waals surface area contributed by atoms with Gasteiger partial charge in [-0.25, -0.2) is 8.42 Å². The molecule has 1 aliphatic heterocycles. The molecule has 27 heavy (non-hydrogen) atoms. The van der Waals surface area contributed by atoms with Crippen LogP contribution in [0.25, 0.3) is 0 Å². The van der Waals surface area contributed by atoms with Crippen LogP contribution >= 0.6 is 27.3 Å². The predicted molar refractivity (Wildman–Crippen MR) is 111 cm³/mol. The highest BCUT2D eigenvalue weighted by Crippen LogP contribution is 2.29. The summed E-state index contributed by atoms with van der Waals surface area (Å²) in [5, 5.41) is 3.10. The van der Waals surface area contributed by atoms with Crippen LogP contribution in [0.1, 0.15) is 39.0 Å². The summed E-state index contributed by atoms with van der Waals surface area (Å²) in [5.74, 6) is 0.668. The second-order valence-corrected chi connectivity index (χ2v) is 12.1. The van der Waals surface area contributed by atoms with E-state index < -0.39 is 10.0 Å². The fourth-order valence-electron chi connectivity index (χ4n) is 3.84. The van der Waals surface area contributed by atoms with Gasteiger partial charge in [-0.05, 0) is 53.7 Å². The highest BCUT2D eigenvalue weighted by Gasteiger charge is 2.32. The molecule has 1 amide bonds. The summed E-state index contributed by atoms with van der Waals surface area (Å²) in [5.41, 5.74) is 0. The number of piperazine rings is 1. The third-order valence-electron chi connectivity index (χ3n) is 5.63. The van der Waals surface area contributed by atoms with E-state index in [4.69, 9.17) is 0 Å². The Labute approximate surface area is 174 Å². The molecule has 152 valence electrons. The molecule has 1 aromatic heterocycles. The van der Waals surface area contributed by atoms with Crippen LogP contribution in [0.15, 0.2) is 20.1 Å². The van der Waals surface area contributed by atoms with Gasteiger partial charge in [-0.2, -0.15) is 4.31 Å². The number of carbonyl (C=O) groups excluding carboxylic acids is 1. The zero-order chi connectivity index (χ0) is 19.4. The summed E-state index contributed by atoms with van der Waals surface area (Å²) in [6, 6.07) is 3.17. The second kappa shape index (κ2) is 9.35. The highest BCUT2D eigenvalue weighted by molar-refractivity contribution is 9.11. The number of halogens is 1. The Kier molecular flexibility index (Phi) is 7.35. The zero-order valence-corrected chi connectivity index (χ0v) is 18.9. The largest absolute Gasteiger partial charge is 0.354 e. The van der Waals surface area contributed by atoms with Gasteiger partial charge in [-0.3, -0.25) is 9.69 Å². The molecule has 6 nitrogen and oxygen atoms in total. The monoisotopic (exact) mass is 477 g/mol. The number of hydrogen-bond donors (Lipinski definition) is 1. The van der Waals surface area contributed by atoms with Gasteiger partial charge in [0.15, 0.2) is 0 Å². The van der Waals surface area contributed by atoms with Crippen molar-refractivity contribution in [2.45, 2.75) is 49.3 Å². The van der Waals surface area contributed by atoms with Crippen molar-refractivity contribution in [1.82, 2.24) is 14.5 Å². The average Bonchev–Trinajstić information content (AvgIpc) is 3.13. The van der Waals surface area contributed by atoms with E-state index in [1.54, 1.807) is 12.1 Å². The first-order chi connectivity index (χ1) is 12.9. The van der Waals surface area contributed by atoms with E-state index >= 15 is 0 Å². The molecule has 2 aliphatic rings. The van der Waals surface area contributed by atoms with Crippen molar-refractivity contribution >= 4 is 43.2 Å². The van der Waals surface area contributed by atoms with Crippen LogP contribution in [0.3, 0.4) is 0 Å². The van der Waals surface area contributed by atoms with Gasteiger partial charge >= 0.3 is 0 Å². The van der Waals surface area contributed by atoms with Crippen molar-refractivity contribution in [1.29, 1.82) is 0 Å². The molecule has 0 bridgehead atoms. The normalized spacial score (nSPS) is 21.9. The Morgan fingerprint density at radius 2 is 1.89 bits per heavy atom. The van der Waals surface area contributed by atoms with Gasteiger partial charge < -0.3 is 5.32 Å². The van der Waals surface area contributed by atoms with Crippen molar-refractivity contribution in [3.05, 3.63) is 15.9 Å². The first-order valence-corrected chi connectivity index (χ1v) is 12.7. The van der Waals surface area contributed by atoms with E-state index in [9.17, 15) is 13.2 Å². The van der Waals surface area contributed by atoms with Crippen molar-refractivity contribution < 1.29 is 13.2 Å². The summed E-state index contributed by atoms with van der Waals surface area (Å²) in [6.45, 7) is 4.66. The highest BCUT2D eigenvalue weighted by atomic mass is 79.9. The molecule has 0 aromatic carbocycles. The number of sulfonamides is 1. The van der Waals surface area contributed by atoms with E-state index in [1.165, 1.54) is 47.7 Å². The summed E-state index contributed by atoms with van der Waals surface area (Å²) in [4.78, 5) is 14.6. The van der Waals surface area contributed by atoms with Gasteiger partial charge in [0.1, 0.15) is 4.21 Å². The van der Waals surface area contributed by atoms with Crippen LogP contribution < -0.4 is 5.32 Å². The maximum atomic E-state index is 12.7. The number of thiophene rings is 1. The summed E-state index contributed by atoms with van der Waals surface area (Å²) in [7, 11) is -3.44. The third kappa shape index (κ3) is 5.32. The summed E-state index contributed by atoms with van der Waals surface area (Å²) < 4.78 is 28.1. The van der Waals surface area contributed by atoms with Crippen molar-refractivity contribution in [2.24, 2.45) is 5.92 Å². The standard InChI is InChI=1S/C18H28BrN3O3S2/c1-14(18(23)20-13-15-5-3-2-4-6-15)21-9-11-22(12-10-21)27(24,25)17-8-7-16(19)26-17/h7-8,14-15H,2-6,9-13H2,1H3,(H,20,23)/t14-/m1/s1. The van der Waals surface area contributed by atoms with Gasteiger partial charge in [-0.1, -0.05) is 19.3 Å². The molecule has 1 aromatic rings. The van der Waals surface area contributed by atoms with E-state index in [-0.39, 0.29) is 11.9 Å². The van der Waals surface area contributed by atoms with Gasteiger partial charge in [0.2, 0.25) is 5.91 Å². The lowest BCUT2D eigenvalue weighted by molar-refractivity contribution is -0.126. The maximum Gasteiger partial charge on any atom is 0.252 e. The van der Waals surface area contributed by atoms with Crippen molar-refractivity contribution in [2.75, 3.05) is 32.7 Å². The maximum absolute atomic E-state index is 12.7. The molecule has 2 heterocycles. The molecule has 1 N–H and O–H groups in total. The zero-order valence-electron chi connectivity index (χ0n) is 15.7. The van der Waals surface area contributed by atoms with E-state index in [1.807, 2.05) is 6.92 Å². The van der Waals surface area contributed by atoms with Gasteiger partial charge in [0.05, 0.1) is 9.83 Å². The SMILES string of the molecule is C[C@H](C(=O)NCC1CCCCC1)N1CCN(S(=O)(=O)c2ccc(Br)s2)CC1. The molecule has 9 heteroatoms. The number of amides is 1. The number of rotatable bonds is 6. The minimum atomic E-state index is -3.44. The predicted octanol–water partition coefficient (Wildman–Crippen LogP) is 2.90. The molecule has 1 aliphatic carbocycles. The fraction of sp³-hybridized carbons (Fsp3) is 0.722. The second-order valence-electron chi connectivity index (χ2n) is 7.42. The average molecular weight is 478 g/mol. The van der Waals surface area contributed by atoms with E-state index in [0.29, 0.717) is 36.3 Å². The quantitative estimate of drug-likeness (QED) is 0.683. The Hall–Kier alpha value is -0.480. The Bertz CT molecular complexity index is 739. The molecular weight excluding hydrogens is 450 g/mol. The molecule has 0 unspecified atom stereocenters. The number of carbonyl (C=O) groups is 1. The van der Waals surface area contributed by atoms with Crippen LogP contribution in [-0.4, -0.2) is 62.3 Å². The van der Waals surface area contributed by atoms with Crippen LogP contribution in [0, 0.1) is 5.92 Å². The lowest BCUT2D eigenvalue weighted by Crippen LogP contribution is -2.55. The van der Waals surface area contributed by atoms with Crippen molar-refractivity contribution in [3.8, 4) is 0 Å². The topological polar surface area (TPSA) is 69.7 Å². The first kappa shape index (κ1) is 21.2. The molecular formula is C18H28BrN3O3S2. The molecule has 1 saturated heterocycles. The smallest absolute Gasteiger partial charge is 0.252 e. The first-order valence-electron chi connectivity index (χ1n) is 9.65. The molecule has 1 saturated carbocycles. The minimum absolute atomic E-state index is 0.0547. The Morgan fingerprint density at radius 3 is 2.48 bits per heavy atom. The summed E-state index contributed by atoms with van der Waals surface area (Å²) in [6.07, 6.45) is 6.28. The number of hydrogen-bond acceptors (Lipinski definition) is 5. The lowest BCUT2D eigenvalue weighted by Gasteiger charge is -2.36. The van der Waals surface area contributed by atoms with Crippen LogP contribution in [0.2, 0.25) is 0 Å². The third-order valence-corrected chi connectivity index (χ3v) is 9.62. The summed E-state index contributed by atoms with van der Waals surface area (Å²) >= 11 is 4.55. The lowest BCUT2D eigenvalue weighted by atomic mass is 9.89. The Balaban J connectivity index is 1.48. The Morgan fingerprint density at radius 1 is 1.22 bits per heavy atom. The van der Waals surface area contributed by atoms with Crippen LogP contribution in [0.5, 0.6) is 0 Å². The van der Waals surface area contributed by atoms with Gasteiger partial charge in [0, 0.05) is 32.7 Å². The fourth-order valence-corrected chi connectivity index (χ4v) is 7.43. The van der Waals surface area contributed by atoms with Crippen molar-refractivity contribution in [3.63, 3.8) is 0 Å². The van der Waals surface area contributed by atoms with Gasteiger partial charge in [-0.15, -0.1) is 11.3 Å². The molecule has 0 spiro atoms. The number of nitrogens with zero attached hydrogens (tertiary/aromatic N) is 2.